The second-order valence-electron chi connectivity index (χ2n) is 12.9. The van der Waals surface area contributed by atoms with Crippen LogP contribution in [0.15, 0.2) is 85.5 Å². The fourth-order valence-electron chi connectivity index (χ4n) is 5.93. The van der Waals surface area contributed by atoms with Crippen molar-refractivity contribution in [2.75, 3.05) is 33.0 Å². The molecule has 0 amide bonds. The Kier molecular flexibility index (Phi) is 15.5. The van der Waals surface area contributed by atoms with Gasteiger partial charge < -0.3 is 23.7 Å². The number of benzene rings is 2. The monoisotopic (exact) mass is 691 g/mol. The molecule has 2 aromatic carbocycles. The number of nitrogens with zero attached hydrogens (tertiary/aromatic N) is 3. The van der Waals surface area contributed by atoms with Gasteiger partial charge in [0.1, 0.15) is 41.5 Å². The highest BCUT2D eigenvalue weighted by molar-refractivity contribution is 5.85. The molecule has 0 aliphatic rings. The average Bonchev–Trinajstić information content (AvgIpc) is 3.14. The van der Waals surface area contributed by atoms with Crippen LogP contribution in [-0.2, 0) is 22.7 Å². The lowest BCUT2D eigenvalue weighted by atomic mass is 10.1. The summed E-state index contributed by atoms with van der Waals surface area (Å²) >= 11 is 0. The Morgan fingerprint density at radius 1 is 0.529 bits per heavy atom. The van der Waals surface area contributed by atoms with Gasteiger partial charge in [-0.1, -0.05) is 81.0 Å². The Balaban J connectivity index is 1.09. The number of rotatable bonds is 24. The van der Waals surface area contributed by atoms with E-state index in [1.165, 1.54) is 44.9 Å². The predicted molar refractivity (Wildman–Crippen MR) is 205 cm³/mol. The highest BCUT2D eigenvalue weighted by Gasteiger charge is 2.09. The minimum atomic E-state index is 0.337. The molecule has 8 nitrogen and oxygen atoms in total. The highest BCUT2D eigenvalue weighted by atomic mass is 16.5. The molecule has 5 aromatic rings. The van der Waals surface area contributed by atoms with Gasteiger partial charge in [0.25, 0.3) is 0 Å². The molecule has 0 aliphatic carbocycles. The lowest BCUT2D eigenvalue weighted by Crippen LogP contribution is -2.10. The summed E-state index contributed by atoms with van der Waals surface area (Å²) in [6.45, 7) is 10.7. The van der Waals surface area contributed by atoms with Gasteiger partial charge in [0.2, 0.25) is 0 Å². The quantitative estimate of drug-likeness (QED) is 0.0467. The van der Waals surface area contributed by atoms with Crippen LogP contribution in [0.5, 0.6) is 17.2 Å². The maximum atomic E-state index is 6.21. The van der Waals surface area contributed by atoms with E-state index in [1.54, 1.807) is 0 Å². The van der Waals surface area contributed by atoms with Gasteiger partial charge in [0.15, 0.2) is 0 Å². The zero-order valence-electron chi connectivity index (χ0n) is 30.4. The number of unbranched alkanes of at least 4 members (excludes halogenated alkanes) is 8. The van der Waals surface area contributed by atoms with Gasteiger partial charge in [-0.3, -0.25) is 4.98 Å². The molecule has 0 bridgehead atoms. The number of para-hydroxylation sites is 2. The normalized spacial score (nSPS) is 11.3. The Labute approximate surface area is 303 Å². The number of ether oxygens (including phenoxy) is 5. The maximum absolute atomic E-state index is 6.21. The Bertz CT molecular complexity index is 1700. The summed E-state index contributed by atoms with van der Waals surface area (Å²) in [6, 6.07) is 24.0. The molecule has 0 saturated carbocycles. The lowest BCUT2D eigenvalue weighted by molar-refractivity contribution is 0.0820. The van der Waals surface area contributed by atoms with Crippen LogP contribution < -0.4 is 14.2 Å². The Morgan fingerprint density at radius 2 is 1.04 bits per heavy atom. The molecule has 0 saturated heterocycles. The van der Waals surface area contributed by atoms with Gasteiger partial charge in [-0.25, -0.2) is 9.97 Å². The summed E-state index contributed by atoms with van der Waals surface area (Å²) in [5, 5.41) is 2.11. The third kappa shape index (κ3) is 12.6. The van der Waals surface area contributed by atoms with E-state index in [9.17, 15) is 0 Å². The van der Waals surface area contributed by atoms with Crippen LogP contribution >= 0.6 is 0 Å². The molecule has 0 fully saturated rings. The van der Waals surface area contributed by atoms with E-state index in [4.69, 9.17) is 28.7 Å². The second-order valence-corrected chi connectivity index (χ2v) is 12.9. The fourth-order valence-corrected chi connectivity index (χ4v) is 5.93. The molecule has 51 heavy (non-hydrogen) atoms. The van der Waals surface area contributed by atoms with Crippen LogP contribution in [0.1, 0.15) is 80.6 Å². The maximum Gasteiger partial charge on any atom is 0.145 e. The molecule has 8 heteroatoms. The number of aromatic nitrogens is 3. The average molecular weight is 692 g/mol. The molecule has 0 unspecified atom stereocenters. The van der Waals surface area contributed by atoms with Crippen LogP contribution in [0.25, 0.3) is 21.8 Å². The Morgan fingerprint density at radius 3 is 1.57 bits per heavy atom. The first-order valence-electron chi connectivity index (χ1n) is 18.5. The summed E-state index contributed by atoms with van der Waals surface area (Å²) in [6.07, 6.45) is 13.0. The van der Waals surface area contributed by atoms with Crippen LogP contribution in [0.4, 0.5) is 0 Å². The lowest BCUT2D eigenvalue weighted by Gasteiger charge is -2.13. The van der Waals surface area contributed by atoms with Gasteiger partial charge in [0, 0.05) is 34.3 Å². The highest BCUT2D eigenvalue weighted by Crippen LogP contribution is 2.25. The van der Waals surface area contributed by atoms with Crippen molar-refractivity contribution in [3.05, 3.63) is 108 Å². The van der Waals surface area contributed by atoms with Crippen LogP contribution in [0.2, 0.25) is 0 Å². The van der Waals surface area contributed by atoms with E-state index in [2.05, 4.69) is 28.7 Å². The summed E-state index contributed by atoms with van der Waals surface area (Å²) < 4.78 is 30.3. The first-order valence-corrected chi connectivity index (χ1v) is 18.5. The van der Waals surface area contributed by atoms with E-state index in [-0.39, 0.29) is 0 Å². The van der Waals surface area contributed by atoms with Crippen molar-refractivity contribution < 1.29 is 23.7 Å². The van der Waals surface area contributed by atoms with Crippen LogP contribution in [0, 0.1) is 13.8 Å². The predicted octanol–water partition coefficient (Wildman–Crippen LogP) is 10.1. The molecular weight excluding hydrogens is 638 g/mol. The van der Waals surface area contributed by atoms with Gasteiger partial charge in [-0.05, 0) is 57.4 Å². The minimum absolute atomic E-state index is 0.337. The number of aryl methyl sites for hydroxylation is 2. The molecule has 3 aromatic heterocycles. The largest absolute Gasteiger partial charge is 0.493 e. The standard InChI is InChI=1S/C43H53N3O5/c1-4-5-6-7-8-9-10-11-12-13-24-49-39-29-37(31-47-25-27-50-40-18-14-16-35-22-20-33(2)44-42(35)40)46-38(30-39)32-48-26-28-51-41-19-15-17-36-23-21-34(3)45-43(36)41/h4,14-23,29-30H,1,5-13,24-28,31-32H2,2-3H3. The number of hydrogen-bond donors (Lipinski definition) is 0. The number of fused-ring (bicyclic) bond motifs is 2. The zero-order chi connectivity index (χ0) is 35.5. The minimum Gasteiger partial charge on any atom is -0.493 e. The summed E-state index contributed by atoms with van der Waals surface area (Å²) in [5.41, 5.74) is 5.22. The van der Waals surface area contributed by atoms with Crippen molar-refractivity contribution in [2.45, 2.75) is 84.8 Å². The topological polar surface area (TPSA) is 84.8 Å². The third-order valence-electron chi connectivity index (χ3n) is 8.59. The molecule has 0 atom stereocenters. The van der Waals surface area contributed by atoms with E-state index in [0.29, 0.717) is 46.2 Å². The van der Waals surface area contributed by atoms with Crippen molar-refractivity contribution in [1.82, 2.24) is 15.0 Å². The number of hydrogen-bond acceptors (Lipinski definition) is 8. The van der Waals surface area contributed by atoms with Crippen LogP contribution in [0.3, 0.4) is 0 Å². The smallest absolute Gasteiger partial charge is 0.145 e. The van der Waals surface area contributed by atoms with Gasteiger partial charge in [-0.15, -0.1) is 6.58 Å². The van der Waals surface area contributed by atoms with Crippen LogP contribution in [-0.4, -0.2) is 48.0 Å². The number of allylic oxidation sites excluding steroid dienone is 1. The first kappa shape index (κ1) is 37.7. The van der Waals surface area contributed by atoms with Gasteiger partial charge in [0.05, 0.1) is 44.4 Å². The molecule has 0 aliphatic heterocycles. The molecule has 0 radical (unpaired) electrons. The Hall–Kier alpha value is -4.53. The van der Waals surface area contributed by atoms with Crippen molar-refractivity contribution in [3.8, 4) is 17.2 Å². The fraction of sp³-hybridized carbons (Fsp3) is 0.419. The zero-order valence-corrected chi connectivity index (χ0v) is 30.4. The SMILES string of the molecule is C=CCCCCCCCCCCOc1cc(COCCOc2cccc3ccc(C)nc23)nc(COCCOc2cccc3ccc(C)nc23)c1. The molecule has 5 rings (SSSR count). The number of pyridine rings is 3. The summed E-state index contributed by atoms with van der Waals surface area (Å²) in [5.74, 6) is 2.30. The molecule has 3 heterocycles. The van der Waals surface area contributed by atoms with Gasteiger partial charge in [-0.2, -0.15) is 0 Å². The van der Waals surface area contributed by atoms with Gasteiger partial charge >= 0.3 is 0 Å². The molecular formula is C43H53N3O5. The van der Waals surface area contributed by atoms with E-state index >= 15 is 0 Å². The van der Waals surface area contributed by atoms with Crippen molar-refractivity contribution in [2.24, 2.45) is 0 Å². The van der Waals surface area contributed by atoms with Crippen molar-refractivity contribution >= 4 is 21.8 Å². The van der Waals surface area contributed by atoms with Crippen molar-refractivity contribution in [3.63, 3.8) is 0 Å². The molecule has 0 spiro atoms. The van der Waals surface area contributed by atoms with E-state index < -0.39 is 0 Å². The molecule has 270 valence electrons. The van der Waals surface area contributed by atoms with Crippen molar-refractivity contribution in [1.29, 1.82) is 0 Å². The summed E-state index contributed by atoms with van der Waals surface area (Å²) in [4.78, 5) is 14.1. The van der Waals surface area contributed by atoms with E-state index in [0.717, 1.165) is 74.7 Å². The molecule has 0 N–H and O–H groups in total. The first-order chi connectivity index (χ1) is 25.1. The summed E-state index contributed by atoms with van der Waals surface area (Å²) in [7, 11) is 0. The van der Waals surface area contributed by atoms with E-state index in [1.807, 2.05) is 80.6 Å². The third-order valence-corrected chi connectivity index (χ3v) is 8.59. The second kappa shape index (κ2) is 21.0.